The molecule has 5 nitrogen and oxygen atoms in total. The molecule has 9 rings (SSSR count). The molecule has 2 atom stereocenters. The van der Waals surface area contributed by atoms with Crippen LogP contribution in [0.15, 0.2) is 126 Å². The van der Waals surface area contributed by atoms with Crippen LogP contribution >= 0.6 is 0 Å². The molecule has 0 amide bonds. The molecule has 59 heavy (non-hydrogen) atoms. The first-order valence-corrected chi connectivity index (χ1v) is 21.4. The zero-order chi connectivity index (χ0) is 41.8. The van der Waals surface area contributed by atoms with Gasteiger partial charge in [0.05, 0.1) is 22.4 Å². The number of aliphatic imine (C=N–C) groups is 1. The Hall–Kier alpha value is -5.68. The van der Waals surface area contributed by atoms with E-state index in [4.69, 9.17) is 14.7 Å². The van der Waals surface area contributed by atoms with Crippen LogP contribution in [0.4, 0.5) is 17.1 Å². The largest absolute Gasteiger partial charge is 0.464 e. The first-order valence-electron chi connectivity index (χ1n) is 21.4. The van der Waals surface area contributed by atoms with Crippen LogP contribution in [0, 0.1) is 12.8 Å². The molecule has 0 aliphatic carbocycles. The Bertz CT molecular complexity index is 2820. The van der Waals surface area contributed by atoms with Crippen LogP contribution in [-0.2, 0) is 21.2 Å². The number of fused-ring (bicyclic) bond motifs is 5. The molecule has 2 aliphatic rings. The molecule has 0 unspecified atom stereocenters. The van der Waals surface area contributed by atoms with Crippen molar-refractivity contribution in [2.24, 2.45) is 10.9 Å². The van der Waals surface area contributed by atoms with E-state index in [1.165, 1.54) is 44.3 Å². The van der Waals surface area contributed by atoms with Gasteiger partial charge in [-0.05, 0) is 127 Å². The summed E-state index contributed by atoms with van der Waals surface area (Å²) in [6.45, 7) is 27.3. The van der Waals surface area contributed by atoms with Crippen molar-refractivity contribution in [3.63, 3.8) is 0 Å². The van der Waals surface area contributed by atoms with Crippen LogP contribution in [0.2, 0.25) is 0 Å². The van der Waals surface area contributed by atoms with Crippen molar-refractivity contribution in [3.05, 3.63) is 160 Å². The van der Waals surface area contributed by atoms with Gasteiger partial charge in [-0.25, -0.2) is 9.98 Å². The van der Waals surface area contributed by atoms with Gasteiger partial charge in [0.25, 0.3) is 0 Å². The molecule has 5 aromatic carbocycles. The second-order valence-corrected chi connectivity index (χ2v) is 19.6. The zero-order valence-corrected chi connectivity index (χ0v) is 36.9. The minimum absolute atomic E-state index is 0.0195. The van der Waals surface area contributed by atoms with Gasteiger partial charge in [0.2, 0.25) is 5.90 Å². The maximum absolute atomic E-state index is 7.17. The highest BCUT2D eigenvalue weighted by molar-refractivity contribution is 6.12. The molecule has 2 aromatic heterocycles. The number of hydrogen-bond acceptors (Lipinski definition) is 4. The third-order valence-corrected chi connectivity index (χ3v) is 13.8. The summed E-state index contributed by atoms with van der Waals surface area (Å²) in [5.41, 5.74) is 12.7. The lowest BCUT2D eigenvalue weighted by atomic mass is 9.72. The third-order valence-electron chi connectivity index (χ3n) is 13.8. The summed E-state index contributed by atoms with van der Waals surface area (Å²) < 4.78 is 9.54. The van der Waals surface area contributed by atoms with Gasteiger partial charge in [-0.15, -0.1) is 0 Å². The number of anilines is 3. The van der Waals surface area contributed by atoms with E-state index in [1.807, 2.05) is 6.20 Å². The van der Waals surface area contributed by atoms with Gasteiger partial charge in [0.15, 0.2) is 5.60 Å². The summed E-state index contributed by atoms with van der Waals surface area (Å²) >= 11 is 0. The number of rotatable bonds is 6. The number of hydrogen-bond donors (Lipinski definition) is 0. The topological polar surface area (TPSA) is 42.7 Å². The highest BCUT2D eigenvalue weighted by Gasteiger charge is 2.55. The molecule has 0 bridgehead atoms. The summed E-state index contributed by atoms with van der Waals surface area (Å²) in [6.07, 6.45) is 1.96. The monoisotopic (exact) mass is 778 g/mol. The van der Waals surface area contributed by atoms with Crippen LogP contribution in [0.1, 0.15) is 121 Å². The average Bonchev–Trinajstić information content (AvgIpc) is 3.68. The summed E-state index contributed by atoms with van der Waals surface area (Å²) in [4.78, 5) is 13.1. The van der Waals surface area contributed by atoms with Gasteiger partial charge in [-0.3, -0.25) is 4.57 Å². The molecule has 2 aliphatic heterocycles. The number of aromatic nitrogens is 2. The molecule has 0 N–H and O–H groups in total. The lowest BCUT2D eigenvalue weighted by Gasteiger charge is -2.42. The number of ether oxygens (including phenoxy) is 1. The molecule has 0 spiro atoms. The van der Waals surface area contributed by atoms with Crippen molar-refractivity contribution in [1.29, 1.82) is 0 Å². The Morgan fingerprint density at radius 1 is 0.678 bits per heavy atom. The number of para-hydroxylation sites is 1. The van der Waals surface area contributed by atoms with Gasteiger partial charge < -0.3 is 9.64 Å². The van der Waals surface area contributed by atoms with Gasteiger partial charge in [-0.2, -0.15) is 0 Å². The molecule has 0 fully saturated rings. The SMILES string of the molecule is Cc1ccc2c(c1)c1cc3c(cc1n2-c1cc(C(C)(C)C)ccn1)N(c1cc(C2=N[C@](C)(C(C)C)[C@@](C)(c4ccccc4)O2)cc(C(C)C)c1)c1ccccc1C3(C)C. The Labute approximate surface area is 350 Å². The van der Waals surface area contributed by atoms with E-state index in [-0.39, 0.29) is 22.7 Å². The molecule has 0 saturated heterocycles. The van der Waals surface area contributed by atoms with E-state index in [0.29, 0.717) is 5.90 Å². The summed E-state index contributed by atoms with van der Waals surface area (Å²) in [5, 5.41) is 2.47. The quantitative estimate of drug-likeness (QED) is 0.169. The van der Waals surface area contributed by atoms with Gasteiger partial charge >= 0.3 is 0 Å². The van der Waals surface area contributed by atoms with E-state index in [1.54, 1.807) is 0 Å². The first kappa shape index (κ1) is 38.8. The minimum Gasteiger partial charge on any atom is -0.464 e. The van der Waals surface area contributed by atoms with Gasteiger partial charge in [0.1, 0.15) is 11.4 Å². The molecule has 5 heteroatoms. The van der Waals surface area contributed by atoms with Crippen LogP contribution < -0.4 is 4.90 Å². The van der Waals surface area contributed by atoms with Crippen LogP contribution in [0.3, 0.4) is 0 Å². The Morgan fingerprint density at radius 3 is 2.10 bits per heavy atom. The number of pyridine rings is 1. The highest BCUT2D eigenvalue weighted by atomic mass is 16.5. The third kappa shape index (κ3) is 5.94. The van der Waals surface area contributed by atoms with Crippen molar-refractivity contribution < 1.29 is 4.74 Å². The smallest absolute Gasteiger partial charge is 0.217 e. The summed E-state index contributed by atoms with van der Waals surface area (Å²) in [7, 11) is 0. The molecule has 4 heterocycles. The van der Waals surface area contributed by atoms with Crippen molar-refractivity contribution in [2.45, 2.75) is 111 Å². The second-order valence-electron chi connectivity index (χ2n) is 19.6. The van der Waals surface area contributed by atoms with Crippen molar-refractivity contribution in [2.75, 3.05) is 4.90 Å². The van der Waals surface area contributed by atoms with Crippen molar-refractivity contribution in [1.82, 2.24) is 9.55 Å². The Morgan fingerprint density at radius 2 is 1.39 bits per heavy atom. The molecule has 300 valence electrons. The predicted octanol–water partition coefficient (Wildman–Crippen LogP) is 14.1. The summed E-state index contributed by atoms with van der Waals surface area (Å²) in [6, 6.07) is 42.7. The fourth-order valence-corrected chi connectivity index (χ4v) is 9.63. The fourth-order valence-electron chi connectivity index (χ4n) is 9.63. The molecule has 0 radical (unpaired) electrons. The van der Waals surface area contributed by atoms with E-state index >= 15 is 0 Å². The normalized spacial score (nSPS) is 20.0. The number of aryl methyl sites for hydroxylation is 1. The van der Waals surface area contributed by atoms with E-state index in [9.17, 15) is 0 Å². The molecule has 0 saturated carbocycles. The van der Waals surface area contributed by atoms with Crippen molar-refractivity contribution in [3.8, 4) is 5.82 Å². The second kappa shape index (κ2) is 13.4. The van der Waals surface area contributed by atoms with E-state index in [0.717, 1.165) is 39.4 Å². The minimum atomic E-state index is -0.643. The molecular weight excluding hydrogens is 721 g/mol. The lowest BCUT2D eigenvalue weighted by molar-refractivity contribution is 0.00858. The summed E-state index contributed by atoms with van der Waals surface area (Å²) in [5.74, 6) is 2.13. The van der Waals surface area contributed by atoms with E-state index < -0.39 is 11.1 Å². The van der Waals surface area contributed by atoms with Gasteiger partial charge in [0, 0.05) is 33.6 Å². The maximum Gasteiger partial charge on any atom is 0.217 e. The van der Waals surface area contributed by atoms with Gasteiger partial charge in [-0.1, -0.05) is 122 Å². The standard InChI is InChI=1S/C54H58N4O/c1-33(2)36-27-37(50-56-53(11,34(3)4)54(12,59-50)38-18-14-13-15-19-38)29-40(28-36)57-46-21-17-16-20-43(46)52(9,10)44-31-42-41-26-35(5)22-23-45(41)58(47(42)32-48(44)57)49-30-39(24-25-55-49)51(6,7)8/h13-34H,1-12H3/t53-,54-/m1/s1. The van der Waals surface area contributed by atoms with Crippen LogP contribution in [0.25, 0.3) is 27.6 Å². The molecular formula is C54H58N4O. The Balaban J connectivity index is 1.31. The number of benzene rings is 5. The lowest BCUT2D eigenvalue weighted by Crippen LogP contribution is -2.47. The zero-order valence-electron chi connectivity index (χ0n) is 36.9. The van der Waals surface area contributed by atoms with E-state index in [2.05, 4.69) is 208 Å². The molecule has 7 aromatic rings. The predicted molar refractivity (Wildman–Crippen MR) is 248 cm³/mol. The first-order chi connectivity index (χ1) is 27.9. The number of nitrogens with zero attached hydrogens (tertiary/aromatic N) is 4. The van der Waals surface area contributed by atoms with Crippen LogP contribution in [0.5, 0.6) is 0 Å². The van der Waals surface area contributed by atoms with Crippen LogP contribution in [-0.4, -0.2) is 21.0 Å². The fraction of sp³-hybridized carbons (Fsp3) is 0.333. The average molecular weight is 779 g/mol. The maximum atomic E-state index is 7.17. The Kier molecular flexibility index (Phi) is 8.83. The van der Waals surface area contributed by atoms with Crippen molar-refractivity contribution >= 4 is 44.8 Å². The highest BCUT2D eigenvalue weighted by Crippen LogP contribution is 2.55.